The SMILES string of the molecule is CCC(Sc1cccc(NC(=O)/C(=C\c2cc(OC)c(OC)cc2OC)NC(=O)c2ccccc2)c1)C(=O)Nc1nc(-c2ccc(OC)cc2)cs1. The first kappa shape index (κ1) is 37.5. The van der Waals surface area contributed by atoms with Gasteiger partial charge < -0.3 is 34.9 Å². The number of ether oxygens (including phenoxy) is 4. The highest BCUT2D eigenvalue weighted by Crippen LogP contribution is 2.36. The summed E-state index contributed by atoms with van der Waals surface area (Å²) < 4.78 is 21.6. The van der Waals surface area contributed by atoms with Crippen molar-refractivity contribution < 1.29 is 33.3 Å². The van der Waals surface area contributed by atoms with Crippen LogP contribution in [0.3, 0.4) is 0 Å². The minimum Gasteiger partial charge on any atom is -0.497 e. The van der Waals surface area contributed by atoms with Crippen molar-refractivity contribution in [2.24, 2.45) is 0 Å². The number of hydrogen-bond acceptors (Lipinski definition) is 10. The smallest absolute Gasteiger partial charge is 0.272 e. The van der Waals surface area contributed by atoms with E-state index in [0.717, 1.165) is 21.9 Å². The van der Waals surface area contributed by atoms with Crippen molar-refractivity contribution >= 4 is 57.7 Å². The van der Waals surface area contributed by atoms with Crippen molar-refractivity contribution in [3.63, 3.8) is 0 Å². The van der Waals surface area contributed by atoms with E-state index in [-0.39, 0.29) is 11.6 Å². The van der Waals surface area contributed by atoms with Crippen LogP contribution in [0.15, 0.2) is 107 Å². The molecule has 52 heavy (non-hydrogen) atoms. The van der Waals surface area contributed by atoms with E-state index in [9.17, 15) is 14.4 Å². The summed E-state index contributed by atoms with van der Waals surface area (Å²) in [6, 6.07) is 26.6. The molecule has 0 saturated heterocycles. The van der Waals surface area contributed by atoms with Crippen molar-refractivity contribution in [1.29, 1.82) is 0 Å². The van der Waals surface area contributed by atoms with Crippen LogP contribution in [0.4, 0.5) is 10.8 Å². The minimum atomic E-state index is -0.579. The predicted octanol–water partition coefficient (Wildman–Crippen LogP) is 7.76. The number of rotatable bonds is 15. The quantitative estimate of drug-likeness (QED) is 0.0727. The fourth-order valence-electron chi connectivity index (χ4n) is 5.01. The summed E-state index contributed by atoms with van der Waals surface area (Å²) in [5.74, 6) is 0.762. The normalized spacial score (nSPS) is 11.6. The summed E-state index contributed by atoms with van der Waals surface area (Å²) in [5.41, 5.74) is 2.94. The highest BCUT2D eigenvalue weighted by atomic mass is 32.2. The molecular formula is C39H38N4O7S2. The molecule has 13 heteroatoms. The molecule has 0 fully saturated rings. The Morgan fingerprint density at radius 3 is 2.19 bits per heavy atom. The maximum Gasteiger partial charge on any atom is 0.272 e. The molecule has 5 rings (SSSR count). The lowest BCUT2D eigenvalue weighted by Crippen LogP contribution is -2.30. The van der Waals surface area contributed by atoms with Crippen molar-refractivity contribution in [1.82, 2.24) is 10.3 Å². The lowest BCUT2D eigenvalue weighted by atomic mass is 10.1. The molecule has 1 atom stereocenters. The van der Waals surface area contributed by atoms with E-state index >= 15 is 0 Å². The van der Waals surface area contributed by atoms with Crippen molar-refractivity contribution in [3.05, 3.63) is 113 Å². The van der Waals surface area contributed by atoms with Gasteiger partial charge in [-0.2, -0.15) is 0 Å². The number of carbonyl (C=O) groups is 3. The van der Waals surface area contributed by atoms with Crippen molar-refractivity contribution in [3.8, 4) is 34.3 Å². The predicted molar refractivity (Wildman–Crippen MR) is 206 cm³/mol. The average molecular weight is 739 g/mol. The van der Waals surface area contributed by atoms with Gasteiger partial charge in [-0.3, -0.25) is 14.4 Å². The van der Waals surface area contributed by atoms with Crippen LogP contribution in [0.5, 0.6) is 23.0 Å². The Labute approximate surface area is 310 Å². The third-order valence-corrected chi connectivity index (χ3v) is 9.83. The lowest BCUT2D eigenvalue weighted by Gasteiger charge is -2.16. The summed E-state index contributed by atoms with van der Waals surface area (Å²) in [6.45, 7) is 1.93. The number of carbonyl (C=O) groups excluding carboxylic acids is 3. The molecule has 4 aromatic carbocycles. The molecular weight excluding hydrogens is 701 g/mol. The van der Waals surface area contributed by atoms with Gasteiger partial charge in [0.1, 0.15) is 17.2 Å². The molecule has 1 unspecified atom stereocenters. The zero-order valence-corrected chi connectivity index (χ0v) is 30.9. The van der Waals surface area contributed by atoms with E-state index in [1.54, 1.807) is 67.8 Å². The van der Waals surface area contributed by atoms with E-state index in [4.69, 9.17) is 18.9 Å². The standard InChI is InChI=1S/C39H38N4O7S2/c1-6-35(38(46)43-39-42-31(23-51-39)24-15-17-28(47-2)18-16-24)52-29-14-10-13-27(21-29)40-37(45)30(41-36(44)25-11-8-7-9-12-25)19-26-20-33(49-4)34(50-5)22-32(26)48-3/h7-23,35H,6H2,1-5H3,(H,40,45)(H,41,44)(H,42,43,46)/b30-19+. The van der Waals surface area contributed by atoms with Crippen LogP contribution in [-0.4, -0.2) is 56.4 Å². The number of anilines is 2. The largest absolute Gasteiger partial charge is 0.497 e. The van der Waals surface area contributed by atoms with E-state index in [2.05, 4.69) is 20.9 Å². The molecule has 0 radical (unpaired) electrons. The first-order chi connectivity index (χ1) is 25.2. The number of benzene rings is 4. The first-order valence-corrected chi connectivity index (χ1v) is 17.9. The Balaban J connectivity index is 1.33. The van der Waals surface area contributed by atoms with Crippen molar-refractivity contribution in [2.45, 2.75) is 23.5 Å². The van der Waals surface area contributed by atoms with Gasteiger partial charge in [0.05, 0.1) is 39.4 Å². The maximum absolute atomic E-state index is 13.8. The number of methoxy groups -OCH3 is 4. The molecule has 1 aromatic heterocycles. The zero-order chi connectivity index (χ0) is 37.0. The van der Waals surface area contributed by atoms with Crippen LogP contribution >= 0.6 is 23.1 Å². The van der Waals surface area contributed by atoms with Gasteiger partial charge in [0.25, 0.3) is 11.8 Å². The number of thioether (sulfide) groups is 1. The molecule has 3 N–H and O–H groups in total. The van der Waals surface area contributed by atoms with Gasteiger partial charge in [-0.05, 0) is 73.2 Å². The Kier molecular flexibility index (Phi) is 12.9. The van der Waals surface area contributed by atoms with Crippen LogP contribution in [0.25, 0.3) is 17.3 Å². The highest BCUT2D eigenvalue weighted by molar-refractivity contribution is 8.00. The topological polar surface area (TPSA) is 137 Å². The van der Waals surface area contributed by atoms with Crippen LogP contribution in [0, 0.1) is 0 Å². The summed E-state index contributed by atoms with van der Waals surface area (Å²) in [5, 5.41) is 10.5. The van der Waals surface area contributed by atoms with Crippen LogP contribution in [-0.2, 0) is 9.59 Å². The van der Waals surface area contributed by atoms with Crippen LogP contribution < -0.4 is 34.9 Å². The second-order valence-corrected chi connectivity index (χ2v) is 13.2. The molecule has 0 aliphatic rings. The molecule has 5 aromatic rings. The van der Waals surface area contributed by atoms with Crippen LogP contribution in [0.1, 0.15) is 29.3 Å². The van der Waals surface area contributed by atoms with Gasteiger partial charge in [-0.25, -0.2) is 4.98 Å². The Morgan fingerprint density at radius 1 is 0.808 bits per heavy atom. The number of hydrogen-bond donors (Lipinski definition) is 3. The van der Waals surface area contributed by atoms with Gasteiger partial charge in [-0.15, -0.1) is 23.1 Å². The van der Waals surface area contributed by atoms with Crippen molar-refractivity contribution in [2.75, 3.05) is 39.1 Å². The average Bonchev–Trinajstić information content (AvgIpc) is 3.65. The molecule has 0 spiro atoms. The maximum atomic E-state index is 13.8. The highest BCUT2D eigenvalue weighted by Gasteiger charge is 2.21. The molecule has 0 aliphatic carbocycles. The first-order valence-electron chi connectivity index (χ1n) is 16.1. The molecule has 0 saturated carbocycles. The number of aromatic nitrogens is 1. The monoisotopic (exact) mass is 738 g/mol. The fraction of sp³-hybridized carbons (Fsp3) is 0.179. The molecule has 268 valence electrons. The third kappa shape index (κ3) is 9.50. The zero-order valence-electron chi connectivity index (χ0n) is 29.2. The van der Waals surface area contributed by atoms with E-state index in [1.165, 1.54) is 50.5 Å². The molecule has 0 aliphatic heterocycles. The fourth-order valence-corrected chi connectivity index (χ4v) is 6.74. The molecule has 11 nitrogen and oxygen atoms in total. The summed E-state index contributed by atoms with van der Waals surface area (Å²) >= 11 is 2.72. The summed E-state index contributed by atoms with van der Waals surface area (Å²) in [4.78, 5) is 45.7. The van der Waals surface area contributed by atoms with Gasteiger partial charge in [0.2, 0.25) is 5.91 Å². The molecule has 0 bridgehead atoms. The van der Waals surface area contributed by atoms with E-state index in [1.807, 2.05) is 42.6 Å². The van der Waals surface area contributed by atoms with E-state index in [0.29, 0.717) is 45.6 Å². The number of nitrogens with zero attached hydrogens (tertiary/aromatic N) is 1. The van der Waals surface area contributed by atoms with E-state index < -0.39 is 17.1 Å². The Hall–Kier alpha value is -5.79. The number of nitrogens with one attached hydrogen (secondary N) is 3. The summed E-state index contributed by atoms with van der Waals surface area (Å²) in [6.07, 6.45) is 2.06. The van der Waals surface area contributed by atoms with Gasteiger partial charge >= 0.3 is 0 Å². The molecule has 3 amide bonds. The van der Waals surface area contributed by atoms with Crippen LogP contribution in [0.2, 0.25) is 0 Å². The number of thiazole rings is 1. The van der Waals surface area contributed by atoms with Gasteiger partial charge in [0.15, 0.2) is 16.6 Å². The Bertz CT molecular complexity index is 2050. The molecule has 1 heterocycles. The second-order valence-electron chi connectivity index (χ2n) is 11.1. The third-order valence-electron chi connectivity index (χ3n) is 7.72. The summed E-state index contributed by atoms with van der Waals surface area (Å²) in [7, 11) is 6.11. The Morgan fingerprint density at radius 2 is 1.52 bits per heavy atom. The lowest BCUT2D eigenvalue weighted by molar-refractivity contribution is -0.116. The van der Waals surface area contributed by atoms with Gasteiger partial charge in [-0.1, -0.05) is 31.2 Å². The number of amides is 3. The van der Waals surface area contributed by atoms with Gasteiger partial charge in [0, 0.05) is 38.7 Å². The minimum absolute atomic E-state index is 0.0410. The second kappa shape index (κ2) is 17.9.